The molecule has 3 heterocycles. The summed E-state index contributed by atoms with van der Waals surface area (Å²) in [6, 6.07) is 4.83. The van der Waals surface area contributed by atoms with E-state index < -0.39 is 11.9 Å². The van der Waals surface area contributed by atoms with Crippen LogP contribution in [0.1, 0.15) is 37.5 Å². The summed E-state index contributed by atoms with van der Waals surface area (Å²) in [6.07, 6.45) is 2.51. The number of imide groups is 1. The highest BCUT2D eigenvalue weighted by Gasteiger charge is 2.30. The highest BCUT2D eigenvalue weighted by molar-refractivity contribution is 5.99. The van der Waals surface area contributed by atoms with Crippen LogP contribution in [0.2, 0.25) is 0 Å². The Morgan fingerprint density at radius 3 is 2.75 bits per heavy atom. The number of rotatable bonds is 4. The lowest BCUT2D eigenvalue weighted by Gasteiger charge is -2.25. The predicted octanol–water partition coefficient (Wildman–Crippen LogP) is 1.52. The van der Waals surface area contributed by atoms with Crippen molar-refractivity contribution in [3.63, 3.8) is 0 Å². The zero-order chi connectivity index (χ0) is 19.7. The van der Waals surface area contributed by atoms with Crippen molar-refractivity contribution in [3.8, 4) is 0 Å². The minimum Gasteiger partial charge on any atom is -0.384 e. The molecule has 1 aromatic heterocycles. The van der Waals surface area contributed by atoms with Crippen LogP contribution < -0.4 is 16.2 Å². The van der Waals surface area contributed by atoms with Crippen molar-refractivity contribution in [2.75, 3.05) is 25.1 Å². The Morgan fingerprint density at radius 2 is 2.00 bits per heavy atom. The van der Waals surface area contributed by atoms with Crippen LogP contribution in [0.15, 0.2) is 23.0 Å². The number of aryl methyl sites for hydroxylation is 1. The van der Waals surface area contributed by atoms with E-state index in [0.29, 0.717) is 29.1 Å². The second kappa shape index (κ2) is 7.71. The average Bonchev–Trinajstić information content (AvgIpc) is 2.68. The fourth-order valence-corrected chi connectivity index (χ4v) is 4.00. The average molecular weight is 384 g/mol. The molecule has 0 spiro atoms. The number of ether oxygens (including phenoxy) is 1. The van der Waals surface area contributed by atoms with Crippen LogP contribution in [0.3, 0.4) is 0 Å². The summed E-state index contributed by atoms with van der Waals surface area (Å²) in [7, 11) is 0. The van der Waals surface area contributed by atoms with Gasteiger partial charge >= 0.3 is 0 Å². The molecule has 28 heavy (non-hydrogen) atoms. The Hall–Kier alpha value is -2.74. The highest BCUT2D eigenvalue weighted by Crippen LogP contribution is 2.24. The summed E-state index contributed by atoms with van der Waals surface area (Å²) in [4.78, 5) is 41.7. The smallest absolute Gasteiger partial charge is 0.264 e. The van der Waals surface area contributed by atoms with Crippen molar-refractivity contribution in [1.29, 1.82) is 0 Å². The number of aromatic nitrogens is 2. The second-order valence-corrected chi connectivity index (χ2v) is 7.44. The fourth-order valence-electron chi connectivity index (χ4n) is 4.00. The molecule has 2 aliphatic rings. The SMILES string of the molecule is Cc1nc2cccc(NCC3CCOCC3)c2c(=O)n1C1CCC(=O)NC1=O. The number of amides is 2. The molecular weight excluding hydrogens is 360 g/mol. The highest BCUT2D eigenvalue weighted by atomic mass is 16.5. The van der Waals surface area contributed by atoms with E-state index >= 15 is 0 Å². The molecule has 1 atom stereocenters. The number of benzene rings is 1. The molecule has 2 amide bonds. The van der Waals surface area contributed by atoms with Gasteiger partial charge in [0.2, 0.25) is 11.8 Å². The van der Waals surface area contributed by atoms with Gasteiger partial charge in [-0.05, 0) is 44.2 Å². The van der Waals surface area contributed by atoms with Gasteiger partial charge in [-0.25, -0.2) is 4.98 Å². The van der Waals surface area contributed by atoms with E-state index in [-0.39, 0.29) is 17.9 Å². The van der Waals surface area contributed by atoms with Crippen LogP contribution in [-0.2, 0) is 14.3 Å². The lowest BCUT2D eigenvalue weighted by atomic mass is 10.00. The number of carbonyl (C=O) groups is 2. The Kier molecular flexibility index (Phi) is 5.13. The molecule has 148 valence electrons. The van der Waals surface area contributed by atoms with Crippen molar-refractivity contribution < 1.29 is 14.3 Å². The van der Waals surface area contributed by atoms with Gasteiger partial charge in [-0.3, -0.25) is 24.3 Å². The molecule has 8 nitrogen and oxygen atoms in total. The third-order valence-electron chi connectivity index (χ3n) is 5.55. The number of fused-ring (bicyclic) bond motifs is 1. The lowest BCUT2D eigenvalue weighted by Crippen LogP contribution is -2.45. The van der Waals surface area contributed by atoms with Crippen LogP contribution in [-0.4, -0.2) is 41.1 Å². The number of carbonyl (C=O) groups excluding carboxylic acids is 2. The van der Waals surface area contributed by atoms with Gasteiger partial charge in [-0.15, -0.1) is 0 Å². The van der Waals surface area contributed by atoms with Gasteiger partial charge in [0, 0.05) is 31.9 Å². The molecule has 1 aromatic carbocycles. The van der Waals surface area contributed by atoms with Gasteiger partial charge in [0.1, 0.15) is 11.9 Å². The standard InChI is InChI=1S/C20H24N4O4/c1-12-22-15-4-2-3-14(21-11-13-7-9-28-10-8-13)18(15)20(27)24(12)16-5-6-17(25)23-19(16)26/h2-4,13,16,21H,5-11H2,1H3,(H,23,25,26). The van der Waals surface area contributed by atoms with E-state index in [4.69, 9.17) is 4.74 Å². The maximum Gasteiger partial charge on any atom is 0.264 e. The summed E-state index contributed by atoms with van der Waals surface area (Å²) in [5, 5.41) is 6.20. The largest absolute Gasteiger partial charge is 0.384 e. The van der Waals surface area contributed by atoms with Crippen molar-refractivity contribution in [2.24, 2.45) is 5.92 Å². The molecule has 2 fully saturated rings. The van der Waals surface area contributed by atoms with Crippen LogP contribution in [0.25, 0.3) is 10.9 Å². The first-order chi connectivity index (χ1) is 13.5. The fraction of sp³-hybridized carbons (Fsp3) is 0.500. The normalized spacial score (nSPS) is 21.0. The van der Waals surface area contributed by atoms with E-state index in [0.717, 1.165) is 38.3 Å². The van der Waals surface area contributed by atoms with Crippen molar-refractivity contribution in [1.82, 2.24) is 14.9 Å². The van der Waals surface area contributed by atoms with E-state index in [1.165, 1.54) is 4.57 Å². The van der Waals surface area contributed by atoms with E-state index in [1.807, 2.05) is 12.1 Å². The van der Waals surface area contributed by atoms with Crippen LogP contribution >= 0.6 is 0 Å². The zero-order valence-electron chi connectivity index (χ0n) is 15.9. The topological polar surface area (TPSA) is 102 Å². The van der Waals surface area contributed by atoms with E-state index in [9.17, 15) is 14.4 Å². The van der Waals surface area contributed by atoms with Crippen LogP contribution in [0, 0.1) is 12.8 Å². The van der Waals surface area contributed by atoms with Crippen LogP contribution in [0.4, 0.5) is 5.69 Å². The Labute approximate surface area is 162 Å². The first kappa shape index (κ1) is 18.6. The molecular formula is C20H24N4O4. The van der Waals surface area contributed by atoms with E-state index in [1.54, 1.807) is 13.0 Å². The number of nitrogens with zero attached hydrogens (tertiary/aromatic N) is 2. The summed E-state index contributed by atoms with van der Waals surface area (Å²) < 4.78 is 6.82. The minimum absolute atomic E-state index is 0.212. The monoisotopic (exact) mass is 384 g/mol. The quantitative estimate of drug-likeness (QED) is 0.775. The lowest BCUT2D eigenvalue weighted by molar-refractivity contribution is -0.135. The zero-order valence-corrected chi connectivity index (χ0v) is 15.9. The summed E-state index contributed by atoms with van der Waals surface area (Å²) >= 11 is 0. The Balaban J connectivity index is 1.71. The number of anilines is 1. The van der Waals surface area contributed by atoms with Gasteiger partial charge in [-0.2, -0.15) is 0 Å². The molecule has 2 N–H and O–H groups in total. The molecule has 4 rings (SSSR count). The van der Waals surface area contributed by atoms with Crippen LogP contribution in [0.5, 0.6) is 0 Å². The molecule has 0 aliphatic carbocycles. The van der Waals surface area contributed by atoms with Gasteiger partial charge in [0.15, 0.2) is 0 Å². The van der Waals surface area contributed by atoms with Gasteiger partial charge in [0.25, 0.3) is 5.56 Å². The molecule has 2 aromatic rings. The Bertz CT molecular complexity index is 978. The maximum atomic E-state index is 13.3. The maximum absolute atomic E-state index is 13.3. The first-order valence-corrected chi connectivity index (χ1v) is 9.72. The Morgan fingerprint density at radius 1 is 1.21 bits per heavy atom. The third kappa shape index (κ3) is 3.52. The molecule has 8 heteroatoms. The van der Waals surface area contributed by atoms with Gasteiger partial charge in [0.05, 0.1) is 10.9 Å². The van der Waals surface area contributed by atoms with E-state index in [2.05, 4.69) is 15.6 Å². The molecule has 0 saturated carbocycles. The second-order valence-electron chi connectivity index (χ2n) is 7.44. The number of piperidine rings is 1. The molecule has 1 unspecified atom stereocenters. The molecule has 2 saturated heterocycles. The minimum atomic E-state index is -0.717. The molecule has 0 bridgehead atoms. The summed E-state index contributed by atoms with van der Waals surface area (Å²) in [5.74, 6) is 0.211. The summed E-state index contributed by atoms with van der Waals surface area (Å²) in [5.41, 5.74) is 1.07. The number of hydrogen-bond donors (Lipinski definition) is 2. The predicted molar refractivity (Wildman–Crippen MR) is 104 cm³/mol. The molecule has 0 radical (unpaired) electrons. The van der Waals surface area contributed by atoms with Gasteiger partial charge < -0.3 is 10.1 Å². The number of hydrogen-bond acceptors (Lipinski definition) is 6. The van der Waals surface area contributed by atoms with Crippen molar-refractivity contribution >= 4 is 28.4 Å². The first-order valence-electron chi connectivity index (χ1n) is 9.72. The summed E-state index contributed by atoms with van der Waals surface area (Å²) in [6.45, 7) is 4.01. The number of nitrogens with one attached hydrogen (secondary N) is 2. The van der Waals surface area contributed by atoms with Crippen molar-refractivity contribution in [3.05, 3.63) is 34.4 Å². The molecule has 2 aliphatic heterocycles. The van der Waals surface area contributed by atoms with Crippen molar-refractivity contribution in [2.45, 2.75) is 38.6 Å². The van der Waals surface area contributed by atoms with Gasteiger partial charge in [-0.1, -0.05) is 6.07 Å². The third-order valence-corrected chi connectivity index (χ3v) is 5.55.